The van der Waals surface area contributed by atoms with E-state index in [2.05, 4.69) is 0 Å². The number of carbonyl (C=O) groups excluding carboxylic acids is 1. The first kappa shape index (κ1) is 24.5. The van der Waals surface area contributed by atoms with E-state index >= 15 is 0 Å². The van der Waals surface area contributed by atoms with E-state index in [9.17, 15) is 15.0 Å². The molecule has 0 aliphatic heterocycles. The van der Waals surface area contributed by atoms with Crippen LogP contribution in [0.25, 0.3) is 0 Å². The van der Waals surface area contributed by atoms with E-state index in [1.54, 1.807) is 26.0 Å². The zero-order chi connectivity index (χ0) is 24.1. The Kier molecular flexibility index (Phi) is 7.58. The van der Waals surface area contributed by atoms with E-state index in [-0.39, 0.29) is 17.6 Å². The van der Waals surface area contributed by atoms with E-state index in [0.717, 1.165) is 10.8 Å². The van der Waals surface area contributed by atoms with Gasteiger partial charge in [-0.3, -0.25) is 0 Å². The van der Waals surface area contributed by atoms with Crippen LogP contribution >= 0.6 is 0 Å². The van der Waals surface area contributed by atoms with Crippen molar-refractivity contribution in [3.05, 3.63) is 90.0 Å². The molecule has 7 heteroatoms. The molecule has 3 aromatic rings. The highest BCUT2D eigenvalue weighted by molar-refractivity contribution is 6.80. The van der Waals surface area contributed by atoms with Crippen LogP contribution in [0.2, 0.25) is 0 Å². The van der Waals surface area contributed by atoms with Gasteiger partial charge in [0.2, 0.25) is 5.79 Å². The fourth-order valence-corrected chi connectivity index (χ4v) is 7.32. The molecule has 2 N–H and O–H groups in total. The SMILES string of the molecule is CC(C)O[Si](Cc1ccc(O)cc1)(OC(C)(C)OC(=O)c1ccc(O)cc1)c1ccccc1. The van der Waals surface area contributed by atoms with E-state index < -0.39 is 20.3 Å². The van der Waals surface area contributed by atoms with Gasteiger partial charge in [-0.1, -0.05) is 42.5 Å². The summed E-state index contributed by atoms with van der Waals surface area (Å²) in [6.07, 6.45) is -0.141. The fraction of sp³-hybridized carbons (Fsp3) is 0.269. The van der Waals surface area contributed by atoms with Gasteiger partial charge in [0, 0.05) is 26.0 Å². The summed E-state index contributed by atoms with van der Waals surface area (Å²) in [4.78, 5) is 12.8. The quantitative estimate of drug-likeness (QED) is 0.273. The van der Waals surface area contributed by atoms with Crippen LogP contribution in [0.1, 0.15) is 43.6 Å². The van der Waals surface area contributed by atoms with Crippen molar-refractivity contribution in [1.82, 2.24) is 0 Å². The average molecular weight is 467 g/mol. The van der Waals surface area contributed by atoms with Crippen LogP contribution in [0.4, 0.5) is 0 Å². The Morgan fingerprint density at radius 2 is 1.42 bits per heavy atom. The number of ether oxygens (including phenoxy) is 1. The van der Waals surface area contributed by atoms with Crippen molar-refractivity contribution in [2.24, 2.45) is 0 Å². The van der Waals surface area contributed by atoms with Gasteiger partial charge in [-0.25, -0.2) is 4.79 Å². The Labute approximate surface area is 195 Å². The number of aromatic hydroxyl groups is 2. The summed E-state index contributed by atoms with van der Waals surface area (Å²) in [5.41, 5.74) is 1.24. The highest BCUT2D eigenvalue weighted by Gasteiger charge is 2.47. The van der Waals surface area contributed by atoms with E-state index in [1.807, 2.05) is 56.3 Å². The van der Waals surface area contributed by atoms with Gasteiger partial charge in [-0.2, -0.15) is 0 Å². The largest absolute Gasteiger partial charge is 0.508 e. The molecule has 3 aromatic carbocycles. The van der Waals surface area contributed by atoms with E-state index in [4.69, 9.17) is 13.6 Å². The Morgan fingerprint density at radius 3 is 1.97 bits per heavy atom. The molecule has 0 saturated heterocycles. The summed E-state index contributed by atoms with van der Waals surface area (Å²) in [6, 6.07) is 22.9. The Morgan fingerprint density at radius 1 is 0.879 bits per heavy atom. The molecular formula is C26H30O6Si. The molecule has 6 nitrogen and oxygen atoms in total. The highest BCUT2D eigenvalue weighted by atomic mass is 28.4. The van der Waals surface area contributed by atoms with Crippen molar-refractivity contribution in [1.29, 1.82) is 0 Å². The summed E-state index contributed by atoms with van der Waals surface area (Å²) in [6.45, 7) is 7.27. The van der Waals surface area contributed by atoms with Crippen molar-refractivity contribution in [2.75, 3.05) is 0 Å². The molecule has 0 aliphatic carbocycles. The molecule has 0 heterocycles. The summed E-state index contributed by atoms with van der Waals surface area (Å²) < 4.78 is 18.9. The first-order chi connectivity index (χ1) is 15.6. The summed E-state index contributed by atoms with van der Waals surface area (Å²) in [5, 5.41) is 20.1. The molecular weight excluding hydrogens is 436 g/mol. The molecule has 0 spiro atoms. The molecule has 0 radical (unpaired) electrons. The van der Waals surface area contributed by atoms with Gasteiger partial charge in [0.05, 0.1) is 5.56 Å². The van der Waals surface area contributed by atoms with Crippen LogP contribution in [0.5, 0.6) is 11.5 Å². The monoisotopic (exact) mass is 466 g/mol. The molecule has 0 aliphatic rings. The van der Waals surface area contributed by atoms with Crippen molar-refractivity contribution in [3.63, 3.8) is 0 Å². The molecule has 1 atom stereocenters. The van der Waals surface area contributed by atoms with Crippen LogP contribution in [0, 0.1) is 0 Å². The molecule has 33 heavy (non-hydrogen) atoms. The van der Waals surface area contributed by atoms with Gasteiger partial charge < -0.3 is 23.8 Å². The van der Waals surface area contributed by atoms with Gasteiger partial charge >= 0.3 is 14.5 Å². The lowest BCUT2D eigenvalue weighted by molar-refractivity contribution is -0.135. The lowest BCUT2D eigenvalue weighted by Crippen LogP contribution is -2.61. The summed E-state index contributed by atoms with van der Waals surface area (Å²) in [5.74, 6) is -1.62. The topological polar surface area (TPSA) is 85.2 Å². The van der Waals surface area contributed by atoms with Crippen molar-refractivity contribution < 1.29 is 28.6 Å². The minimum absolute atomic E-state index is 0.0665. The van der Waals surface area contributed by atoms with Crippen molar-refractivity contribution in [3.8, 4) is 11.5 Å². The maximum absolute atomic E-state index is 12.8. The molecule has 174 valence electrons. The maximum atomic E-state index is 12.8. The number of hydrogen-bond acceptors (Lipinski definition) is 6. The number of carbonyl (C=O) groups is 1. The third-order valence-electron chi connectivity index (χ3n) is 4.87. The fourth-order valence-electron chi connectivity index (χ4n) is 3.58. The molecule has 0 fully saturated rings. The minimum Gasteiger partial charge on any atom is -0.508 e. The first-order valence-corrected chi connectivity index (χ1v) is 12.8. The van der Waals surface area contributed by atoms with Crippen LogP contribution in [-0.4, -0.2) is 36.6 Å². The van der Waals surface area contributed by atoms with Gasteiger partial charge in [-0.05, 0) is 61.0 Å². The minimum atomic E-state index is -3.20. The zero-order valence-electron chi connectivity index (χ0n) is 19.3. The molecule has 3 rings (SSSR count). The number of phenolic OH excluding ortho intramolecular Hbond substituents is 2. The van der Waals surface area contributed by atoms with E-state index in [1.165, 1.54) is 24.3 Å². The molecule has 0 amide bonds. The molecule has 0 saturated carbocycles. The number of benzene rings is 3. The maximum Gasteiger partial charge on any atom is 0.380 e. The third kappa shape index (κ3) is 6.68. The van der Waals surface area contributed by atoms with Gasteiger partial charge in [0.25, 0.3) is 0 Å². The average Bonchev–Trinajstić information content (AvgIpc) is 2.75. The Hall–Kier alpha value is -3.13. The zero-order valence-corrected chi connectivity index (χ0v) is 20.3. The second-order valence-corrected chi connectivity index (χ2v) is 11.4. The smallest absolute Gasteiger partial charge is 0.380 e. The molecule has 1 unspecified atom stereocenters. The normalized spacial score (nSPS) is 13.5. The molecule has 0 bridgehead atoms. The van der Waals surface area contributed by atoms with Crippen LogP contribution in [0.15, 0.2) is 78.9 Å². The third-order valence-corrected chi connectivity index (χ3v) is 8.63. The number of rotatable bonds is 9. The lowest BCUT2D eigenvalue weighted by Gasteiger charge is -2.39. The Balaban J connectivity index is 1.96. The Bertz CT molecular complexity index is 1050. The highest BCUT2D eigenvalue weighted by Crippen LogP contribution is 2.27. The van der Waals surface area contributed by atoms with E-state index in [0.29, 0.717) is 11.6 Å². The van der Waals surface area contributed by atoms with Gasteiger partial charge in [0.1, 0.15) is 11.5 Å². The summed E-state index contributed by atoms with van der Waals surface area (Å²) >= 11 is 0. The van der Waals surface area contributed by atoms with Gasteiger partial charge in [-0.15, -0.1) is 0 Å². The van der Waals surface area contributed by atoms with Crippen LogP contribution in [0.3, 0.4) is 0 Å². The number of hydrogen-bond donors (Lipinski definition) is 2. The predicted octanol–water partition coefficient (Wildman–Crippen LogP) is 4.56. The van der Waals surface area contributed by atoms with Crippen molar-refractivity contribution in [2.45, 2.75) is 45.6 Å². The number of phenols is 2. The summed E-state index contributed by atoms with van der Waals surface area (Å²) in [7, 11) is -3.20. The van der Waals surface area contributed by atoms with Crippen LogP contribution < -0.4 is 5.19 Å². The predicted molar refractivity (Wildman–Crippen MR) is 129 cm³/mol. The van der Waals surface area contributed by atoms with Crippen LogP contribution in [-0.2, 0) is 19.6 Å². The first-order valence-electron chi connectivity index (χ1n) is 10.8. The molecule has 0 aromatic heterocycles. The second-order valence-electron chi connectivity index (χ2n) is 8.57. The standard InChI is InChI=1S/C26H30O6Si/c1-19(2)31-33(24-8-6-5-7-9-24,18-20-10-14-22(27)15-11-20)32-26(3,4)30-25(29)21-12-16-23(28)17-13-21/h5-17,19,27-28H,18H2,1-4H3. The van der Waals surface area contributed by atoms with Crippen molar-refractivity contribution >= 4 is 19.7 Å². The number of esters is 1. The lowest BCUT2D eigenvalue weighted by atomic mass is 10.2. The van der Waals surface area contributed by atoms with Gasteiger partial charge in [0.15, 0.2) is 0 Å². The second kappa shape index (κ2) is 10.2.